The van der Waals surface area contributed by atoms with E-state index in [1.165, 1.54) is 0 Å². The second-order valence-corrected chi connectivity index (χ2v) is 9.24. The molecular weight excluding hydrogens is 452 g/mol. The van der Waals surface area contributed by atoms with Crippen LogP contribution in [0, 0.1) is 13.8 Å². The van der Waals surface area contributed by atoms with Crippen LogP contribution in [0.4, 0.5) is 0 Å². The fraction of sp³-hybridized carbons (Fsp3) is 0.296. The zero-order valence-corrected chi connectivity index (χ0v) is 20.5. The smallest absolute Gasteiger partial charge is 0.379 e. The van der Waals surface area contributed by atoms with Gasteiger partial charge in [0, 0.05) is 28.1 Å². The van der Waals surface area contributed by atoms with E-state index in [9.17, 15) is 9.59 Å². The molecule has 1 N–H and O–H groups in total. The quantitative estimate of drug-likeness (QED) is 0.262. The highest BCUT2D eigenvalue weighted by molar-refractivity contribution is 6.30. The Morgan fingerprint density at radius 1 is 1.09 bits per heavy atom. The molecule has 1 aromatic heterocycles. The minimum absolute atomic E-state index is 0.167. The van der Waals surface area contributed by atoms with Gasteiger partial charge in [0.15, 0.2) is 0 Å². The number of esters is 1. The summed E-state index contributed by atoms with van der Waals surface area (Å²) in [5.41, 5.74) is 7.14. The van der Waals surface area contributed by atoms with Gasteiger partial charge in [-0.2, -0.15) is 5.10 Å². The number of nitrogens with one attached hydrogen (secondary N) is 1. The molecule has 7 heteroatoms. The summed E-state index contributed by atoms with van der Waals surface area (Å²) in [6.45, 7) is 7.89. The maximum Gasteiger partial charge on any atom is 0.379 e. The van der Waals surface area contributed by atoms with Crippen LogP contribution in [0.25, 0.3) is 0 Å². The number of amides is 1. The molecule has 0 aliphatic heterocycles. The first-order chi connectivity index (χ1) is 16.2. The van der Waals surface area contributed by atoms with Gasteiger partial charge >= 0.3 is 5.97 Å². The number of hydrogen-bond acceptors (Lipinski definition) is 5. The molecule has 0 bridgehead atoms. The maximum atomic E-state index is 13.1. The van der Waals surface area contributed by atoms with Gasteiger partial charge in [0.05, 0.1) is 5.71 Å². The summed E-state index contributed by atoms with van der Waals surface area (Å²) in [4.78, 5) is 25.6. The van der Waals surface area contributed by atoms with Crippen LogP contribution in [0.5, 0.6) is 5.75 Å². The molecular formula is C27H27ClN2O4. The summed E-state index contributed by atoms with van der Waals surface area (Å²) in [5.74, 6) is 0.722. The molecule has 0 atom stereocenters. The normalized spacial score (nSPS) is 14.2. The van der Waals surface area contributed by atoms with Crippen LogP contribution in [-0.2, 0) is 6.42 Å². The van der Waals surface area contributed by atoms with Crippen LogP contribution in [0.2, 0.25) is 5.02 Å². The molecule has 0 saturated carbocycles. The standard InChI is InChI=1S/C27H27ClN2O4/c1-15(2)20-13-8-16(3)14-23(20)34-27(32)25-17(4)24-21(6-5-7-22(24)33-25)29-30-26(31)18-9-11-19(28)12-10-18/h8-15H,5-7H2,1-4H3,(H,30,31)/b29-21+. The molecule has 1 aliphatic rings. The monoisotopic (exact) mass is 478 g/mol. The second kappa shape index (κ2) is 9.85. The molecule has 0 spiro atoms. The van der Waals surface area contributed by atoms with Crippen LogP contribution in [0.15, 0.2) is 52.0 Å². The molecule has 34 heavy (non-hydrogen) atoms. The third kappa shape index (κ3) is 4.92. The van der Waals surface area contributed by atoms with Gasteiger partial charge in [0.2, 0.25) is 5.76 Å². The van der Waals surface area contributed by atoms with E-state index in [2.05, 4.69) is 24.4 Å². The van der Waals surface area contributed by atoms with Gasteiger partial charge in [0.25, 0.3) is 5.91 Å². The lowest BCUT2D eigenvalue weighted by Gasteiger charge is -2.13. The van der Waals surface area contributed by atoms with Crippen LogP contribution in [-0.4, -0.2) is 17.6 Å². The lowest BCUT2D eigenvalue weighted by Crippen LogP contribution is -2.22. The Kier molecular flexibility index (Phi) is 6.89. The highest BCUT2D eigenvalue weighted by atomic mass is 35.5. The van der Waals surface area contributed by atoms with Gasteiger partial charge in [-0.25, -0.2) is 10.2 Å². The number of carbonyl (C=O) groups excluding carboxylic acids is 2. The number of ether oxygens (including phenoxy) is 1. The molecule has 1 amide bonds. The van der Waals surface area contributed by atoms with Crippen molar-refractivity contribution < 1.29 is 18.7 Å². The van der Waals surface area contributed by atoms with Crippen molar-refractivity contribution >= 4 is 29.2 Å². The number of benzene rings is 2. The minimum Gasteiger partial charge on any atom is -0.453 e. The molecule has 4 rings (SSSR count). The number of furan rings is 1. The molecule has 0 radical (unpaired) electrons. The lowest BCUT2D eigenvalue weighted by atomic mass is 9.93. The molecule has 2 aromatic carbocycles. The van der Waals surface area contributed by atoms with Gasteiger partial charge < -0.3 is 9.15 Å². The number of halogens is 1. The fourth-order valence-electron chi connectivity index (χ4n) is 4.11. The number of hydrogen-bond donors (Lipinski definition) is 1. The van der Waals surface area contributed by atoms with Crippen molar-refractivity contribution in [3.8, 4) is 5.75 Å². The van der Waals surface area contributed by atoms with E-state index in [1.54, 1.807) is 24.3 Å². The number of rotatable bonds is 5. The molecule has 0 unspecified atom stereocenters. The molecule has 1 heterocycles. The van der Waals surface area contributed by atoms with E-state index in [1.807, 2.05) is 32.0 Å². The third-order valence-electron chi connectivity index (χ3n) is 5.90. The van der Waals surface area contributed by atoms with Crippen LogP contribution in [0.3, 0.4) is 0 Å². The maximum absolute atomic E-state index is 13.1. The molecule has 6 nitrogen and oxygen atoms in total. The average Bonchev–Trinajstić information content (AvgIpc) is 3.15. The number of aryl methyl sites for hydroxylation is 2. The lowest BCUT2D eigenvalue weighted by molar-refractivity contribution is 0.0696. The highest BCUT2D eigenvalue weighted by Gasteiger charge is 2.29. The van der Waals surface area contributed by atoms with Crippen molar-refractivity contribution in [2.75, 3.05) is 0 Å². The summed E-state index contributed by atoms with van der Waals surface area (Å²) < 4.78 is 11.7. The molecule has 0 fully saturated rings. The summed E-state index contributed by atoms with van der Waals surface area (Å²) >= 11 is 5.89. The first-order valence-electron chi connectivity index (χ1n) is 11.3. The largest absolute Gasteiger partial charge is 0.453 e. The summed E-state index contributed by atoms with van der Waals surface area (Å²) in [6, 6.07) is 12.4. The van der Waals surface area contributed by atoms with Gasteiger partial charge in [0.1, 0.15) is 11.5 Å². The van der Waals surface area contributed by atoms with Crippen molar-refractivity contribution in [1.29, 1.82) is 0 Å². The Labute approximate surface area is 204 Å². The van der Waals surface area contributed by atoms with Gasteiger partial charge in [-0.3, -0.25) is 4.79 Å². The van der Waals surface area contributed by atoms with Crippen molar-refractivity contribution in [3.63, 3.8) is 0 Å². The average molecular weight is 479 g/mol. The van der Waals surface area contributed by atoms with Crippen LogP contribution >= 0.6 is 11.6 Å². The summed E-state index contributed by atoms with van der Waals surface area (Å²) in [5, 5.41) is 4.92. The minimum atomic E-state index is -0.538. The van der Waals surface area contributed by atoms with Gasteiger partial charge in [-0.1, -0.05) is 37.6 Å². The van der Waals surface area contributed by atoms with Crippen molar-refractivity contribution in [3.05, 3.63) is 86.8 Å². The van der Waals surface area contributed by atoms with Gasteiger partial charge in [-0.05, 0) is 74.1 Å². The number of nitrogens with zero attached hydrogens (tertiary/aromatic N) is 1. The Balaban J connectivity index is 1.59. The zero-order valence-electron chi connectivity index (χ0n) is 19.7. The van der Waals surface area contributed by atoms with Crippen molar-refractivity contribution in [2.45, 2.75) is 52.9 Å². The number of carbonyl (C=O) groups is 2. The predicted molar refractivity (Wildman–Crippen MR) is 132 cm³/mol. The number of fused-ring (bicyclic) bond motifs is 1. The van der Waals surface area contributed by atoms with Crippen LogP contribution < -0.4 is 10.2 Å². The molecule has 3 aromatic rings. The van der Waals surface area contributed by atoms with Crippen molar-refractivity contribution in [2.24, 2.45) is 5.10 Å². The fourth-order valence-corrected chi connectivity index (χ4v) is 4.24. The zero-order chi connectivity index (χ0) is 24.4. The van der Waals surface area contributed by atoms with E-state index in [4.69, 9.17) is 20.8 Å². The number of hydrazone groups is 1. The third-order valence-corrected chi connectivity index (χ3v) is 6.16. The summed E-state index contributed by atoms with van der Waals surface area (Å²) in [7, 11) is 0. The Morgan fingerprint density at radius 3 is 2.53 bits per heavy atom. The van der Waals surface area contributed by atoms with E-state index in [-0.39, 0.29) is 17.6 Å². The first-order valence-corrected chi connectivity index (χ1v) is 11.7. The van der Waals surface area contributed by atoms with Crippen molar-refractivity contribution in [1.82, 2.24) is 5.43 Å². The Bertz CT molecular complexity index is 1270. The first kappa shape index (κ1) is 23.8. The molecule has 176 valence electrons. The van der Waals surface area contributed by atoms with E-state index in [0.717, 1.165) is 23.1 Å². The van der Waals surface area contributed by atoms with Gasteiger partial charge in [-0.15, -0.1) is 0 Å². The topological polar surface area (TPSA) is 80.9 Å². The SMILES string of the molecule is Cc1ccc(C(C)C)c(OC(=O)c2oc3c(c2C)/C(=N/NC(=O)c2ccc(Cl)cc2)CCC3)c1. The highest BCUT2D eigenvalue weighted by Crippen LogP contribution is 2.32. The van der Waals surface area contributed by atoms with E-state index >= 15 is 0 Å². The summed E-state index contributed by atoms with van der Waals surface area (Å²) in [6.07, 6.45) is 2.16. The van der Waals surface area contributed by atoms with E-state index < -0.39 is 5.97 Å². The van der Waals surface area contributed by atoms with E-state index in [0.29, 0.717) is 46.2 Å². The van der Waals surface area contributed by atoms with Crippen LogP contribution in [0.1, 0.15) is 81.5 Å². The second-order valence-electron chi connectivity index (χ2n) is 8.80. The molecule has 0 saturated heterocycles. The Morgan fingerprint density at radius 2 is 1.82 bits per heavy atom. The predicted octanol–water partition coefficient (Wildman–Crippen LogP) is 6.36. The molecule has 1 aliphatic carbocycles. The Hall–Kier alpha value is -3.38.